The van der Waals surface area contributed by atoms with E-state index in [1.165, 1.54) is 5.56 Å². The van der Waals surface area contributed by atoms with Crippen LogP contribution in [0.4, 0.5) is 0 Å². The van der Waals surface area contributed by atoms with Crippen molar-refractivity contribution in [3.8, 4) is 5.75 Å². The fourth-order valence-electron chi connectivity index (χ4n) is 3.50. The van der Waals surface area contributed by atoms with E-state index in [0.717, 1.165) is 70.4 Å². The highest BCUT2D eigenvalue weighted by atomic mass is 127. The summed E-state index contributed by atoms with van der Waals surface area (Å²) in [6.45, 7) is 7.04. The molecule has 1 aromatic rings. The van der Waals surface area contributed by atoms with E-state index in [0.29, 0.717) is 0 Å². The van der Waals surface area contributed by atoms with Crippen LogP contribution in [0.3, 0.4) is 0 Å². The minimum absolute atomic E-state index is 0. The van der Waals surface area contributed by atoms with Crippen LogP contribution in [0.5, 0.6) is 5.75 Å². The second-order valence-corrected chi connectivity index (χ2v) is 6.74. The van der Waals surface area contributed by atoms with E-state index >= 15 is 0 Å². The third-order valence-corrected chi connectivity index (χ3v) is 4.93. The number of aliphatic imine (C=N–C) groups is 1. The molecule has 0 saturated carbocycles. The third-order valence-electron chi connectivity index (χ3n) is 4.93. The van der Waals surface area contributed by atoms with E-state index in [-0.39, 0.29) is 36.2 Å². The molecule has 2 aliphatic rings. The Morgan fingerprint density at radius 1 is 1.22 bits per heavy atom. The zero-order chi connectivity index (χ0) is 18.2. The highest BCUT2D eigenvalue weighted by molar-refractivity contribution is 14.0. The van der Waals surface area contributed by atoms with Gasteiger partial charge in [-0.1, -0.05) is 12.1 Å². The molecule has 152 valence electrons. The molecule has 0 bridgehead atoms. The van der Waals surface area contributed by atoms with E-state index in [9.17, 15) is 0 Å². The monoisotopic (exact) mass is 489 g/mol. The molecular weight excluding hydrogens is 457 g/mol. The van der Waals surface area contributed by atoms with Gasteiger partial charge < -0.3 is 24.4 Å². The van der Waals surface area contributed by atoms with Crippen molar-refractivity contribution in [3.05, 3.63) is 29.8 Å². The second-order valence-electron chi connectivity index (χ2n) is 6.74. The summed E-state index contributed by atoms with van der Waals surface area (Å²) in [7, 11) is 1.69. The molecule has 7 heteroatoms. The first-order chi connectivity index (χ1) is 12.8. The second kappa shape index (κ2) is 11.7. The number of rotatable bonds is 6. The maximum absolute atomic E-state index is 5.95. The van der Waals surface area contributed by atoms with Gasteiger partial charge in [0, 0.05) is 32.8 Å². The standard InChI is InChI=1S/C20H31N3O3.HI/c1-3-21-20(22-11-10-16-6-8-17(24-2)9-7-16)23-12-14-26-19(15-23)18-5-4-13-25-18;/h6-9,18-19H,3-5,10-15H2,1-2H3,(H,21,22);1H. The van der Waals surface area contributed by atoms with Gasteiger partial charge in [0.05, 0.1) is 19.8 Å². The summed E-state index contributed by atoms with van der Waals surface area (Å²) in [4.78, 5) is 7.15. The Morgan fingerprint density at radius 2 is 2.00 bits per heavy atom. The highest BCUT2D eigenvalue weighted by Gasteiger charge is 2.32. The first-order valence-electron chi connectivity index (χ1n) is 9.69. The lowest BCUT2D eigenvalue weighted by atomic mass is 10.1. The maximum Gasteiger partial charge on any atom is 0.194 e. The Balaban J connectivity index is 0.00000261. The fraction of sp³-hybridized carbons (Fsp3) is 0.650. The smallest absolute Gasteiger partial charge is 0.194 e. The zero-order valence-electron chi connectivity index (χ0n) is 16.4. The van der Waals surface area contributed by atoms with Crippen molar-refractivity contribution < 1.29 is 14.2 Å². The van der Waals surface area contributed by atoms with Crippen molar-refractivity contribution in [1.82, 2.24) is 10.2 Å². The van der Waals surface area contributed by atoms with E-state index in [4.69, 9.17) is 19.2 Å². The molecule has 2 unspecified atom stereocenters. The fourth-order valence-corrected chi connectivity index (χ4v) is 3.50. The molecule has 6 nitrogen and oxygen atoms in total. The number of ether oxygens (including phenoxy) is 3. The van der Waals surface area contributed by atoms with Gasteiger partial charge in [-0.3, -0.25) is 4.99 Å². The molecular formula is C20H32IN3O3. The van der Waals surface area contributed by atoms with Gasteiger partial charge in [0.2, 0.25) is 0 Å². The Bertz CT molecular complexity index is 576. The molecule has 2 atom stereocenters. The lowest BCUT2D eigenvalue weighted by Gasteiger charge is -2.37. The molecule has 3 rings (SSSR count). The maximum atomic E-state index is 5.95. The van der Waals surface area contributed by atoms with Gasteiger partial charge >= 0.3 is 0 Å². The average Bonchev–Trinajstić information content (AvgIpc) is 3.23. The summed E-state index contributed by atoms with van der Waals surface area (Å²) in [5.74, 6) is 1.87. The molecule has 2 aliphatic heterocycles. The van der Waals surface area contributed by atoms with Gasteiger partial charge in [0.25, 0.3) is 0 Å². The van der Waals surface area contributed by atoms with E-state index in [1.54, 1.807) is 7.11 Å². The Labute approximate surface area is 179 Å². The van der Waals surface area contributed by atoms with Gasteiger partial charge in [-0.05, 0) is 43.9 Å². The Kier molecular flexibility index (Phi) is 9.64. The van der Waals surface area contributed by atoms with Crippen LogP contribution < -0.4 is 10.1 Å². The van der Waals surface area contributed by atoms with Crippen molar-refractivity contribution in [2.45, 2.75) is 38.4 Å². The third kappa shape index (κ3) is 6.50. The lowest BCUT2D eigenvalue weighted by molar-refractivity contribution is -0.0817. The molecule has 2 saturated heterocycles. The van der Waals surface area contributed by atoms with E-state index in [2.05, 4.69) is 29.3 Å². The normalized spacial score (nSPS) is 23.0. The number of benzene rings is 1. The van der Waals surface area contributed by atoms with Crippen LogP contribution in [0.25, 0.3) is 0 Å². The molecule has 2 fully saturated rings. The minimum Gasteiger partial charge on any atom is -0.497 e. The summed E-state index contributed by atoms with van der Waals surface area (Å²) in [6.07, 6.45) is 3.54. The van der Waals surface area contributed by atoms with Crippen LogP contribution in [-0.2, 0) is 15.9 Å². The summed E-state index contributed by atoms with van der Waals surface area (Å²) < 4.78 is 17.0. The molecule has 0 aromatic heterocycles. The van der Waals surface area contributed by atoms with Crippen LogP contribution >= 0.6 is 24.0 Å². The van der Waals surface area contributed by atoms with Crippen molar-refractivity contribution in [3.63, 3.8) is 0 Å². The minimum atomic E-state index is 0. The molecule has 1 N–H and O–H groups in total. The van der Waals surface area contributed by atoms with Gasteiger partial charge in [-0.15, -0.1) is 24.0 Å². The van der Waals surface area contributed by atoms with Gasteiger partial charge in [-0.2, -0.15) is 0 Å². The van der Waals surface area contributed by atoms with Gasteiger partial charge in [-0.25, -0.2) is 0 Å². The number of hydrogen-bond donors (Lipinski definition) is 1. The topological polar surface area (TPSA) is 55.3 Å². The predicted molar refractivity (Wildman–Crippen MR) is 118 cm³/mol. The molecule has 27 heavy (non-hydrogen) atoms. The van der Waals surface area contributed by atoms with Crippen LogP contribution in [-0.4, -0.2) is 69.6 Å². The summed E-state index contributed by atoms with van der Waals surface area (Å²) in [5.41, 5.74) is 1.27. The van der Waals surface area contributed by atoms with Crippen LogP contribution in [0, 0.1) is 0 Å². The number of guanidine groups is 1. The molecule has 1 aromatic carbocycles. The van der Waals surface area contributed by atoms with E-state index in [1.807, 2.05) is 12.1 Å². The first-order valence-corrected chi connectivity index (χ1v) is 9.69. The predicted octanol–water partition coefficient (Wildman–Crippen LogP) is 2.70. The Morgan fingerprint density at radius 3 is 2.67 bits per heavy atom. The first kappa shape index (κ1) is 22.2. The zero-order valence-corrected chi connectivity index (χ0v) is 18.7. The Hall–Kier alpha value is -1.06. The van der Waals surface area contributed by atoms with Crippen molar-refractivity contribution >= 4 is 29.9 Å². The van der Waals surface area contributed by atoms with Crippen molar-refractivity contribution in [2.75, 3.05) is 46.5 Å². The highest BCUT2D eigenvalue weighted by Crippen LogP contribution is 2.21. The van der Waals surface area contributed by atoms with Crippen molar-refractivity contribution in [2.24, 2.45) is 4.99 Å². The van der Waals surface area contributed by atoms with E-state index < -0.39 is 0 Å². The SMILES string of the molecule is CCNC(=NCCc1ccc(OC)cc1)N1CCOC(C2CCCO2)C1.I. The average molecular weight is 489 g/mol. The lowest BCUT2D eigenvalue weighted by Crippen LogP contribution is -2.53. The molecule has 2 heterocycles. The van der Waals surface area contributed by atoms with Crippen LogP contribution in [0.2, 0.25) is 0 Å². The molecule has 0 aliphatic carbocycles. The number of nitrogens with zero attached hydrogens (tertiary/aromatic N) is 2. The van der Waals surface area contributed by atoms with Gasteiger partial charge in [0.1, 0.15) is 11.9 Å². The molecule has 0 radical (unpaired) electrons. The van der Waals surface area contributed by atoms with Crippen molar-refractivity contribution in [1.29, 1.82) is 0 Å². The van der Waals surface area contributed by atoms with Crippen LogP contribution in [0.1, 0.15) is 25.3 Å². The summed E-state index contributed by atoms with van der Waals surface area (Å²) >= 11 is 0. The van der Waals surface area contributed by atoms with Crippen LogP contribution in [0.15, 0.2) is 29.3 Å². The number of halogens is 1. The number of morpholine rings is 1. The number of hydrogen-bond acceptors (Lipinski definition) is 4. The summed E-state index contributed by atoms with van der Waals surface area (Å²) in [5, 5.41) is 3.43. The number of nitrogens with one attached hydrogen (secondary N) is 1. The summed E-state index contributed by atoms with van der Waals surface area (Å²) in [6, 6.07) is 8.20. The quantitative estimate of drug-likeness (QED) is 0.379. The van der Waals surface area contributed by atoms with Gasteiger partial charge in [0.15, 0.2) is 5.96 Å². The molecule has 0 amide bonds. The number of methoxy groups -OCH3 is 1. The molecule has 0 spiro atoms. The largest absolute Gasteiger partial charge is 0.497 e.